The van der Waals surface area contributed by atoms with Crippen LogP contribution in [0.15, 0.2) is 30.3 Å². The number of amides is 1. The van der Waals surface area contributed by atoms with E-state index in [2.05, 4.69) is 5.32 Å². The molecule has 0 aromatic heterocycles. The molecule has 1 aromatic rings. The van der Waals surface area contributed by atoms with Crippen LogP contribution >= 0.6 is 0 Å². The Morgan fingerprint density at radius 1 is 1.24 bits per heavy atom. The van der Waals surface area contributed by atoms with Crippen LogP contribution in [0.3, 0.4) is 0 Å². The Bertz CT molecular complexity index is 460. The van der Waals surface area contributed by atoms with Crippen LogP contribution in [0.2, 0.25) is 0 Å². The molecule has 0 heterocycles. The summed E-state index contributed by atoms with van der Waals surface area (Å²) < 4.78 is 9.77. The molecule has 21 heavy (non-hydrogen) atoms. The van der Waals surface area contributed by atoms with Gasteiger partial charge in [-0.3, -0.25) is 0 Å². The molecule has 2 N–H and O–H groups in total. The first-order chi connectivity index (χ1) is 9.95. The van der Waals surface area contributed by atoms with E-state index in [-0.39, 0.29) is 12.7 Å². The molecule has 0 unspecified atom stereocenters. The number of benzene rings is 1. The van der Waals surface area contributed by atoms with E-state index in [1.165, 1.54) is 0 Å². The second kappa shape index (κ2) is 8.26. The Morgan fingerprint density at radius 3 is 2.38 bits per heavy atom. The monoisotopic (exact) mass is 295 g/mol. The van der Waals surface area contributed by atoms with Crippen molar-refractivity contribution in [1.29, 1.82) is 0 Å². The van der Waals surface area contributed by atoms with Gasteiger partial charge in [0, 0.05) is 0 Å². The number of alkyl carbamates (subject to hydrolysis) is 1. The quantitative estimate of drug-likeness (QED) is 0.782. The van der Waals surface area contributed by atoms with E-state index in [1.54, 1.807) is 51.1 Å². The highest BCUT2D eigenvalue weighted by Crippen LogP contribution is 2.18. The Kier molecular flexibility index (Phi) is 6.68. The van der Waals surface area contributed by atoms with Gasteiger partial charge in [0.15, 0.2) is 6.10 Å². The largest absolute Gasteiger partial charge is 0.461 e. The SMILES string of the molecule is CCOC(=O)N[C@H](c1ccccc1)[C@H](O)C(=O)OC(C)C. The maximum atomic E-state index is 11.8. The molecule has 116 valence electrons. The van der Waals surface area contributed by atoms with Crippen LogP contribution in [0.4, 0.5) is 4.79 Å². The molecule has 0 saturated heterocycles. The summed E-state index contributed by atoms with van der Waals surface area (Å²) >= 11 is 0. The van der Waals surface area contributed by atoms with Crippen molar-refractivity contribution in [1.82, 2.24) is 5.32 Å². The van der Waals surface area contributed by atoms with Crippen molar-refractivity contribution in [3.05, 3.63) is 35.9 Å². The lowest BCUT2D eigenvalue weighted by Gasteiger charge is -2.23. The predicted molar refractivity (Wildman–Crippen MR) is 76.6 cm³/mol. The number of hydrogen-bond acceptors (Lipinski definition) is 5. The molecule has 0 aliphatic rings. The van der Waals surface area contributed by atoms with Crippen LogP contribution in [0.5, 0.6) is 0 Å². The first kappa shape index (κ1) is 17.0. The fraction of sp³-hybridized carbons (Fsp3) is 0.467. The van der Waals surface area contributed by atoms with Crippen molar-refractivity contribution in [3.63, 3.8) is 0 Å². The van der Waals surface area contributed by atoms with Crippen molar-refractivity contribution in [2.75, 3.05) is 6.61 Å². The molecular weight excluding hydrogens is 274 g/mol. The van der Waals surface area contributed by atoms with Gasteiger partial charge < -0.3 is 19.9 Å². The summed E-state index contributed by atoms with van der Waals surface area (Å²) in [4.78, 5) is 23.4. The molecule has 2 atom stereocenters. The fourth-order valence-electron chi connectivity index (χ4n) is 1.74. The van der Waals surface area contributed by atoms with Crippen molar-refractivity contribution >= 4 is 12.1 Å². The number of carbonyl (C=O) groups excluding carboxylic acids is 2. The summed E-state index contributed by atoms with van der Waals surface area (Å²) in [6, 6.07) is 7.75. The average Bonchev–Trinajstić information content (AvgIpc) is 2.44. The molecule has 1 amide bonds. The molecule has 0 spiro atoms. The lowest BCUT2D eigenvalue weighted by molar-refractivity contribution is -0.159. The van der Waals surface area contributed by atoms with E-state index in [4.69, 9.17) is 9.47 Å². The van der Waals surface area contributed by atoms with E-state index >= 15 is 0 Å². The molecule has 0 saturated carbocycles. The molecule has 1 aromatic carbocycles. The van der Waals surface area contributed by atoms with Gasteiger partial charge in [-0.15, -0.1) is 0 Å². The number of ether oxygens (including phenoxy) is 2. The van der Waals surface area contributed by atoms with Crippen LogP contribution in [-0.4, -0.2) is 36.0 Å². The Morgan fingerprint density at radius 2 is 1.86 bits per heavy atom. The molecule has 6 nitrogen and oxygen atoms in total. The Labute approximate surface area is 124 Å². The number of rotatable bonds is 6. The first-order valence-electron chi connectivity index (χ1n) is 6.82. The Balaban J connectivity index is 2.91. The molecule has 6 heteroatoms. The van der Waals surface area contributed by atoms with Crippen LogP contribution in [0.1, 0.15) is 32.4 Å². The maximum absolute atomic E-state index is 11.8. The van der Waals surface area contributed by atoms with Crippen molar-refractivity contribution in [2.45, 2.75) is 39.0 Å². The van der Waals surface area contributed by atoms with Crippen molar-refractivity contribution in [2.24, 2.45) is 0 Å². The van der Waals surface area contributed by atoms with Gasteiger partial charge in [0.1, 0.15) is 0 Å². The molecule has 0 aliphatic carbocycles. The minimum Gasteiger partial charge on any atom is -0.461 e. The molecule has 0 aliphatic heterocycles. The minimum absolute atomic E-state index is 0.194. The lowest BCUT2D eigenvalue weighted by atomic mass is 10.0. The van der Waals surface area contributed by atoms with Crippen molar-refractivity contribution in [3.8, 4) is 0 Å². The van der Waals surface area contributed by atoms with E-state index < -0.39 is 24.2 Å². The zero-order valence-electron chi connectivity index (χ0n) is 12.4. The second-order valence-corrected chi connectivity index (χ2v) is 4.68. The second-order valence-electron chi connectivity index (χ2n) is 4.68. The summed E-state index contributed by atoms with van der Waals surface area (Å²) in [5.41, 5.74) is 0.582. The van der Waals surface area contributed by atoms with Gasteiger partial charge in [0.2, 0.25) is 0 Å². The highest BCUT2D eigenvalue weighted by atomic mass is 16.6. The molecule has 0 bridgehead atoms. The highest BCUT2D eigenvalue weighted by Gasteiger charge is 2.31. The van der Waals surface area contributed by atoms with Crippen LogP contribution in [0.25, 0.3) is 0 Å². The van der Waals surface area contributed by atoms with E-state index in [1.807, 2.05) is 0 Å². The molecular formula is C15H21NO5. The van der Waals surface area contributed by atoms with Crippen LogP contribution < -0.4 is 5.32 Å². The number of esters is 1. The lowest BCUT2D eigenvalue weighted by Crippen LogP contribution is -2.41. The summed E-state index contributed by atoms with van der Waals surface area (Å²) in [5.74, 6) is -0.796. The maximum Gasteiger partial charge on any atom is 0.407 e. The number of nitrogens with one attached hydrogen (secondary N) is 1. The standard InChI is InChI=1S/C15H21NO5/c1-4-20-15(19)16-12(11-8-6-5-7-9-11)13(17)14(18)21-10(2)3/h5-10,12-13,17H,4H2,1-3H3,(H,16,19)/t12-,13+/m1/s1. The van der Waals surface area contributed by atoms with Gasteiger partial charge in [-0.1, -0.05) is 30.3 Å². The van der Waals surface area contributed by atoms with E-state index in [0.29, 0.717) is 5.56 Å². The summed E-state index contributed by atoms with van der Waals surface area (Å²) in [6.45, 7) is 5.22. The number of aliphatic hydroxyl groups excluding tert-OH is 1. The first-order valence-corrected chi connectivity index (χ1v) is 6.82. The highest BCUT2D eigenvalue weighted by molar-refractivity contribution is 5.77. The van der Waals surface area contributed by atoms with Gasteiger partial charge >= 0.3 is 12.1 Å². The number of aliphatic hydroxyl groups is 1. The van der Waals surface area contributed by atoms with E-state index in [0.717, 1.165) is 0 Å². The molecule has 0 radical (unpaired) electrons. The van der Waals surface area contributed by atoms with Crippen molar-refractivity contribution < 1.29 is 24.2 Å². The number of hydrogen-bond donors (Lipinski definition) is 2. The zero-order chi connectivity index (χ0) is 15.8. The Hall–Kier alpha value is -2.08. The zero-order valence-corrected chi connectivity index (χ0v) is 12.4. The molecule has 1 rings (SSSR count). The molecule has 0 fully saturated rings. The van der Waals surface area contributed by atoms with Gasteiger partial charge in [-0.2, -0.15) is 0 Å². The third kappa shape index (κ3) is 5.43. The van der Waals surface area contributed by atoms with Gasteiger partial charge in [0.05, 0.1) is 18.8 Å². The average molecular weight is 295 g/mol. The normalized spacial score (nSPS) is 13.4. The third-order valence-electron chi connectivity index (χ3n) is 2.62. The fourth-order valence-corrected chi connectivity index (χ4v) is 1.74. The summed E-state index contributed by atoms with van der Waals surface area (Å²) in [5, 5.41) is 12.6. The predicted octanol–water partition coefficient (Wildman–Crippen LogP) is 1.79. The summed E-state index contributed by atoms with van der Waals surface area (Å²) in [6.07, 6.45) is -2.58. The third-order valence-corrected chi connectivity index (χ3v) is 2.62. The van der Waals surface area contributed by atoms with Gasteiger partial charge in [0.25, 0.3) is 0 Å². The topological polar surface area (TPSA) is 84.9 Å². The smallest absolute Gasteiger partial charge is 0.407 e. The summed E-state index contributed by atoms with van der Waals surface area (Å²) in [7, 11) is 0. The van der Waals surface area contributed by atoms with E-state index in [9.17, 15) is 14.7 Å². The minimum atomic E-state index is -1.51. The number of carbonyl (C=O) groups is 2. The van der Waals surface area contributed by atoms with Gasteiger partial charge in [-0.25, -0.2) is 9.59 Å². The van der Waals surface area contributed by atoms with Crippen LogP contribution in [-0.2, 0) is 14.3 Å². The van der Waals surface area contributed by atoms with Crippen LogP contribution in [0, 0.1) is 0 Å². The van der Waals surface area contributed by atoms with Gasteiger partial charge in [-0.05, 0) is 26.3 Å².